The zero-order valence-electron chi connectivity index (χ0n) is 12.1. The van der Waals surface area contributed by atoms with E-state index >= 15 is 0 Å². The van der Waals surface area contributed by atoms with Gasteiger partial charge in [-0.1, -0.05) is 6.07 Å². The standard InChI is InChI=1S/C15H23FN4/c1-18-7-3-4-13(12-18)19-8-10-20(11-9-19)15-6-2-5-14(16)17-15/h2,5-6,13H,3-4,7-12H2,1H3. The van der Waals surface area contributed by atoms with Crippen LogP contribution in [0.4, 0.5) is 10.2 Å². The van der Waals surface area contributed by atoms with Gasteiger partial charge in [0.15, 0.2) is 0 Å². The molecule has 2 saturated heterocycles. The second-order valence-corrected chi connectivity index (χ2v) is 5.90. The van der Waals surface area contributed by atoms with E-state index in [2.05, 4.69) is 26.7 Å². The van der Waals surface area contributed by atoms with E-state index in [1.54, 1.807) is 6.07 Å². The molecule has 0 saturated carbocycles. The number of likely N-dealkylation sites (N-methyl/N-ethyl adjacent to an activating group) is 1. The van der Waals surface area contributed by atoms with Crippen LogP contribution in [-0.4, -0.2) is 67.1 Å². The van der Waals surface area contributed by atoms with Crippen molar-refractivity contribution in [2.45, 2.75) is 18.9 Å². The van der Waals surface area contributed by atoms with Crippen LogP contribution in [0.15, 0.2) is 18.2 Å². The summed E-state index contributed by atoms with van der Waals surface area (Å²) in [6.07, 6.45) is 2.61. The van der Waals surface area contributed by atoms with E-state index in [1.165, 1.54) is 32.0 Å². The lowest BCUT2D eigenvalue weighted by Crippen LogP contribution is -2.54. The molecule has 0 N–H and O–H groups in total. The summed E-state index contributed by atoms with van der Waals surface area (Å²) in [5, 5.41) is 0. The van der Waals surface area contributed by atoms with Gasteiger partial charge in [0.05, 0.1) is 0 Å². The molecule has 0 bridgehead atoms. The molecule has 0 radical (unpaired) electrons. The molecule has 1 aromatic heterocycles. The van der Waals surface area contributed by atoms with E-state index in [9.17, 15) is 4.39 Å². The molecule has 5 heteroatoms. The highest BCUT2D eigenvalue weighted by Crippen LogP contribution is 2.19. The number of likely N-dealkylation sites (tertiary alicyclic amines) is 1. The molecule has 3 heterocycles. The number of hydrogen-bond acceptors (Lipinski definition) is 4. The van der Waals surface area contributed by atoms with Crippen molar-refractivity contribution in [1.29, 1.82) is 0 Å². The van der Waals surface area contributed by atoms with Crippen LogP contribution < -0.4 is 4.90 Å². The van der Waals surface area contributed by atoms with E-state index in [0.717, 1.165) is 32.0 Å². The van der Waals surface area contributed by atoms with Crippen molar-refractivity contribution in [3.8, 4) is 0 Å². The van der Waals surface area contributed by atoms with E-state index in [1.807, 2.05) is 6.07 Å². The second kappa shape index (κ2) is 6.06. The number of rotatable bonds is 2. The minimum atomic E-state index is -0.390. The third-order valence-corrected chi connectivity index (χ3v) is 4.45. The second-order valence-electron chi connectivity index (χ2n) is 5.90. The van der Waals surface area contributed by atoms with Crippen molar-refractivity contribution < 1.29 is 4.39 Å². The van der Waals surface area contributed by atoms with Crippen molar-refractivity contribution in [2.75, 3.05) is 51.2 Å². The quantitative estimate of drug-likeness (QED) is 0.763. The maximum Gasteiger partial charge on any atom is 0.214 e. The highest BCUT2D eigenvalue weighted by molar-refractivity contribution is 5.38. The van der Waals surface area contributed by atoms with Crippen LogP contribution in [0.25, 0.3) is 0 Å². The summed E-state index contributed by atoms with van der Waals surface area (Å²) in [5.41, 5.74) is 0. The summed E-state index contributed by atoms with van der Waals surface area (Å²) in [6.45, 7) is 6.39. The van der Waals surface area contributed by atoms with E-state index in [0.29, 0.717) is 6.04 Å². The first-order valence-corrected chi connectivity index (χ1v) is 7.52. The molecule has 20 heavy (non-hydrogen) atoms. The van der Waals surface area contributed by atoms with Crippen molar-refractivity contribution >= 4 is 5.82 Å². The Kier molecular flexibility index (Phi) is 4.17. The summed E-state index contributed by atoms with van der Waals surface area (Å²) >= 11 is 0. The van der Waals surface area contributed by atoms with Gasteiger partial charge in [0.2, 0.25) is 5.95 Å². The first-order valence-electron chi connectivity index (χ1n) is 7.52. The average Bonchev–Trinajstić information content (AvgIpc) is 2.47. The van der Waals surface area contributed by atoms with Gasteiger partial charge >= 0.3 is 0 Å². The Bertz CT molecular complexity index is 445. The molecule has 0 aliphatic carbocycles. The molecule has 4 nitrogen and oxygen atoms in total. The van der Waals surface area contributed by atoms with Crippen LogP contribution in [0.1, 0.15) is 12.8 Å². The maximum absolute atomic E-state index is 13.2. The largest absolute Gasteiger partial charge is 0.354 e. The van der Waals surface area contributed by atoms with E-state index < -0.39 is 0 Å². The number of pyridine rings is 1. The molecule has 0 aromatic carbocycles. The Balaban J connectivity index is 1.56. The van der Waals surface area contributed by atoms with Gasteiger partial charge in [-0.05, 0) is 38.6 Å². The van der Waals surface area contributed by atoms with E-state index in [-0.39, 0.29) is 5.95 Å². The zero-order valence-corrected chi connectivity index (χ0v) is 12.1. The monoisotopic (exact) mass is 278 g/mol. The number of hydrogen-bond donors (Lipinski definition) is 0. The predicted octanol–water partition coefficient (Wildman–Crippen LogP) is 1.44. The lowest BCUT2D eigenvalue weighted by Gasteiger charge is -2.42. The third-order valence-electron chi connectivity index (χ3n) is 4.45. The molecule has 1 unspecified atom stereocenters. The Labute approximate surface area is 120 Å². The van der Waals surface area contributed by atoms with Crippen LogP contribution in [0.5, 0.6) is 0 Å². The zero-order chi connectivity index (χ0) is 13.9. The van der Waals surface area contributed by atoms with Crippen molar-refractivity contribution in [3.05, 3.63) is 24.1 Å². The number of halogens is 1. The fourth-order valence-electron chi connectivity index (χ4n) is 3.33. The van der Waals surface area contributed by atoms with Crippen LogP contribution >= 0.6 is 0 Å². The molecule has 3 rings (SSSR count). The van der Waals surface area contributed by atoms with Gasteiger partial charge in [-0.3, -0.25) is 4.90 Å². The summed E-state index contributed by atoms with van der Waals surface area (Å²) < 4.78 is 13.2. The van der Waals surface area contributed by atoms with Crippen molar-refractivity contribution in [1.82, 2.24) is 14.8 Å². The number of anilines is 1. The number of nitrogens with zero attached hydrogens (tertiary/aromatic N) is 4. The number of aromatic nitrogens is 1. The van der Waals surface area contributed by atoms with Gasteiger partial charge in [-0.2, -0.15) is 4.39 Å². The normalized spacial score (nSPS) is 25.9. The smallest absolute Gasteiger partial charge is 0.214 e. The van der Waals surface area contributed by atoms with Crippen LogP contribution in [-0.2, 0) is 0 Å². The number of piperazine rings is 1. The van der Waals surface area contributed by atoms with Crippen LogP contribution in [0, 0.1) is 5.95 Å². The molecular formula is C15H23FN4. The number of piperidine rings is 1. The Morgan fingerprint density at radius 3 is 2.65 bits per heavy atom. The summed E-state index contributed by atoms with van der Waals surface area (Å²) in [6, 6.07) is 5.72. The summed E-state index contributed by atoms with van der Waals surface area (Å²) in [4.78, 5) is 11.2. The molecular weight excluding hydrogens is 255 g/mol. The fourth-order valence-corrected chi connectivity index (χ4v) is 3.33. The van der Waals surface area contributed by atoms with Gasteiger partial charge in [0, 0.05) is 38.8 Å². The van der Waals surface area contributed by atoms with Crippen LogP contribution in [0.3, 0.4) is 0 Å². The highest BCUT2D eigenvalue weighted by Gasteiger charge is 2.27. The SMILES string of the molecule is CN1CCCC(N2CCN(c3cccc(F)n3)CC2)C1. The van der Waals surface area contributed by atoms with Gasteiger partial charge < -0.3 is 9.80 Å². The van der Waals surface area contributed by atoms with Crippen LogP contribution in [0.2, 0.25) is 0 Å². The Hall–Kier alpha value is -1.20. The van der Waals surface area contributed by atoms with E-state index in [4.69, 9.17) is 0 Å². The summed E-state index contributed by atoms with van der Waals surface area (Å²) in [5.74, 6) is 0.379. The average molecular weight is 278 g/mol. The third kappa shape index (κ3) is 3.10. The molecule has 2 fully saturated rings. The van der Waals surface area contributed by atoms with Crippen molar-refractivity contribution in [3.63, 3.8) is 0 Å². The topological polar surface area (TPSA) is 22.6 Å². The first kappa shape index (κ1) is 13.8. The molecule has 2 aliphatic heterocycles. The molecule has 1 atom stereocenters. The van der Waals surface area contributed by atoms with Gasteiger partial charge in [0.1, 0.15) is 5.82 Å². The van der Waals surface area contributed by atoms with Gasteiger partial charge in [-0.25, -0.2) is 4.98 Å². The molecule has 2 aliphatic rings. The summed E-state index contributed by atoms with van der Waals surface area (Å²) in [7, 11) is 2.21. The Morgan fingerprint density at radius 2 is 1.95 bits per heavy atom. The molecule has 0 amide bonds. The molecule has 1 aromatic rings. The predicted molar refractivity (Wildman–Crippen MR) is 78.5 cm³/mol. The molecule has 0 spiro atoms. The van der Waals surface area contributed by atoms with Gasteiger partial charge in [0.25, 0.3) is 0 Å². The van der Waals surface area contributed by atoms with Gasteiger partial charge in [-0.15, -0.1) is 0 Å². The lowest BCUT2D eigenvalue weighted by molar-refractivity contribution is 0.106. The minimum Gasteiger partial charge on any atom is -0.354 e. The fraction of sp³-hybridized carbons (Fsp3) is 0.667. The Morgan fingerprint density at radius 1 is 1.15 bits per heavy atom. The first-order chi connectivity index (χ1) is 9.72. The molecule has 110 valence electrons. The minimum absolute atomic E-state index is 0.390. The lowest BCUT2D eigenvalue weighted by atomic mass is 10.0. The van der Waals surface area contributed by atoms with Crippen molar-refractivity contribution in [2.24, 2.45) is 0 Å². The maximum atomic E-state index is 13.2. The highest BCUT2D eigenvalue weighted by atomic mass is 19.1.